The molecule has 2 aromatic heterocycles. The van der Waals surface area contributed by atoms with Crippen LogP contribution in [0.5, 0.6) is 0 Å². The van der Waals surface area contributed by atoms with E-state index in [9.17, 15) is 18.8 Å². The van der Waals surface area contributed by atoms with Gasteiger partial charge in [-0.25, -0.2) is 9.37 Å². The van der Waals surface area contributed by atoms with Crippen molar-refractivity contribution >= 4 is 34.2 Å². The quantitative estimate of drug-likeness (QED) is 0.204. The minimum atomic E-state index is -1.04. The Bertz CT molecular complexity index is 1780. The lowest BCUT2D eigenvalue weighted by molar-refractivity contribution is -0.150. The number of rotatable bonds is 8. The number of amides is 2. The highest BCUT2D eigenvalue weighted by Crippen LogP contribution is 2.27. The van der Waals surface area contributed by atoms with E-state index in [1.165, 1.54) is 32.0 Å². The fourth-order valence-corrected chi connectivity index (χ4v) is 4.46. The first kappa shape index (κ1) is 28.2. The molecule has 3 N–H and O–H groups in total. The van der Waals surface area contributed by atoms with Crippen LogP contribution in [-0.2, 0) is 14.3 Å². The Morgan fingerprint density at radius 2 is 1.64 bits per heavy atom. The summed E-state index contributed by atoms with van der Waals surface area (Å²) >= 11 is 0. The topological polar surface area (TPSA) is 126 Å². The van der Waals surface area contributed by atoms with E-state index >= 15 is 0 Å². The molecule has 0 radical (unpaired) electrons. The van der Waals surface area contributed by atoms with Gasteiger partial charge in [0.05, 0.1) is 17.9 Å². The van der Waals surface area contributed by atoms with Gasteiger partial charge < -0.3 is 20.4 Å². The summed E-state index contributed by atoms with van der Waals surface area (Å²) in [4.78, 5) is 49.7. The number of imidazole rings is 1. The molecule has 1 unspecified atom stereocenters. The Morgan fingerprint density at radius 1 is 0.905 bits per heavy atom. The number of hydrogen-bond donors (Lipinski definition) is 3. The zero-order valence-corrected chi connectivity index (χ0v) is 23.1. The number of anilines is 1. The summed E-state index contributed by atoms with van der Waals surface area (Å²) in [6, 6.07) is 20.1. The summed E-state index contributed by atoms with van der Waals surface area (Å²) in [5.41, 5.74) is 3.11. The molecule has 0 bridgehead atoms. The van der Waals surface area contributed by atoms with Gasteiger partial charge in [-0.3, -0.25) is 19.4 Å². The van der Waals surface area contributed by atoms with Crippen LogP contribution in [-0.4, -0.2) is 38.8 Å². The molecule has 42 heavy (non-hydrogen) atoms. The van der Waals surface area contributed by atoms with Crippen LogP contribution < -0.4 is 10.6 Å². The largest absolute Gasteiger partial charge is 0.453 e. The maximum atomic E-state index is 13.4. The third kappa shape index (κ3) is 6.49. The predicted octanol–water partition coefficient (Wildman–Crippen LogP) is 5.81. The second kappa shape index (κ2) is 12.0. The molecule has 0 saturated carbocycles. The third-order valence-corrected chi connectivity index (χ3v) is 6.65. The van der Waals surface area contributed by atoms with Gasteiger partial charge in [0, 0.05) is 35.3 Å². The van der Waals surface area contributed by atoms with E-state index in [-0.39, 0.29) is 11.4 Å². The number of fused-ring (bicyclic) bond motifs is 1. The number of benzene rings is 3. The number of pyridine rings is 1. The standard InChI is InChI=1S/C32H28FN5O4/c1-18(21-8-10-26(33)11-9-21)36-32(41)25-12-24(13-27(14-25)37-31(40)19(2)42-20(3)39)29-17-35-30(38-29)28-15-22-6-4-5-7-23(22)16-34-28/h4-19H,1-3H3,(H,35,38)(H,36,41)(H,37,40)/t18-,19?/m1/s1. The highest BCUT2D eigenvalue weighted by Gasteiger charge is 2.19. The Kier molecular flexibility index (Phi) is 8.05. The molecule has 0 aliphatic heterocycles. The van der Waals surface area contributed by atoms with Crippen LogP contribution in [0.3, 0.4) is 0 Å². The van der Waals surface area contributed by atoms with Crippen LogP contribution in [0.2, 0.25) is 0 Å². The van der Waals surface area contributed by atoms with Gasteiger partial charge in [0.25, 0.3) is 11.8 Å². The van der Waals surface area contributed by atoms with Gasteiger partial charge in [-0.1, -0.05) is 36.4 Å². The summed E-state index contributed by atoms with van der Waals surface area (Å²) < 4.78 is 18.4. The van der Waals surface area contributed by atoms with E-state index in [1.54, 1.807) is 43.6 Å². The molecule has 0 fully saturated rings. The molecule has 212 valence electrons. The van der Waals surface area contributed by atoms with Gasteiger partial charge in [0.2, 0.25) is 0 Å². The third-order valence-electron chi connectivity index (χ3n) is 6.65. The average molecular weight is 566 g/mol. The lowest BCUT2D eigenvalue weighted by Gasteiger charge is -2.17. The number of hydrogen-bond acceptors (Lipinski definition) is 6. The van der Waals surface area contributed by atoms with Crippen LogP contribution in [0.25, 0.3) is 33.5 Å². The van der Waals surface area contributed by atoms with E-state index in [0.29, 0.717) is 28.5 Å². The zero-order valence-electron chi connectivity index (χ0n) is 23.1. The summed E-state index contributed by atoms with van der Waals surface area (Å²) in [7, 11) is 0. The van der Waals surface area contributed by atoms with Crippen LogP contribution in [0.4, 0.5) is 10.1 Å². The van der Waals surface area contributed by atoms with Crippen molar-refractivity contribution in [1.29, 1.82) is 0 Å². The molecule has 10 heteroatoms. The average Bonchev–Trinajstić information content (AvgIpc) is 3.47. The van der Waals surface area contributed by atoms with Crippen molar-refractivity contribution in [3.63, 3.8) is 0 Å². The minimum absolute atomic E-state index is 0.261. The number of nitrogens with one attached hydrogen (secondary N) is 3. The van der Waals surface area contributed by atoms with Crippen LogP contribution in [0, 0.1) is 5.82 Å². The Morgan fingerprint density at radius 3 is 2.38 bits per heavy atom. The summed E-state index contributed by atoms with van der Waals surface area (Å²) in [5, 5.41) is 7.65. The van der Waals surface area contributed by atoms with Gasteiger partial charge in [0.1, 0.15) is 11.5 Å². The van der Waals surface area contributed by atoms with Crippen LogP contribution in [0.1, 0.15) is 42.7 Å². The number of nitrogens with zero attached hydrogens (tertiary/aromatic N) is 2. The van der Waals surface area contributed by atoms with E-state index < -0.39 is 29.9 Å². The van der Waals surface area contributed by atoms with Crippen molar-refractivity contribution in [1.82, 2.24) is 20.3 Å². The normalized spacial score (nSPS) is 12.4. The Balaban J connectivity index is 1.46. The monoisotopic (exact) mass is 565 g/mol. The van der Waals surface area contributed by atoms with Crippen molar-refractivity contribution in [2.24, 2.45) is 0 Å². The van der Waals surface area contributed by atoms with Crippen LogP contribution in [0.15, 0.2) is 85.2 Å². The highest BCUT2D eigenvalue weighted by atomic mass is 19.1. The first-order chi connectivity index (χ1) is 20.2. The van der Waals surface area contributed by atoms with Gasteiger partial charge in [0.15, 0.2) is 11.9 Å². The molecule has 0 saturated heterocycles. The highest BCUT2D eigenvalue weighted by molar-refractivity contribution is 6.00. The molecule has 2 amide bonds. The number of aromatic amines is 1. The predicted molar refractivity (Wildman–Crippen MR) is 157 cm³/mol. The zero-order chi connectivity index (χ0) is 29.8. The number of carbonyl (C=O) groups excluding carboxylic acids is 3. The lowest BCUT2D eigenvalue weighted by Crippen LogP contribution is -2.29. The molecule has 2 heterocycles. The van der Waals surface area contributed by atoms with Gasteiger partial charge in [-0.2, -0.15) is 0 Å². The van der Waals surface area contributed by atoms with Gasteiger partial charge in [-0.05, 0) is 61.2 Å². The number of H-pyrrole nitrogens is 1. The number of ether oxygens (including phenoxy) is 1. The van der Waals surface area contributed by atoms with Crippen molar-refractivity contribution in [3.05, 3.63) is 102 Å². The maximum Gasteiger partial charge on any atom is 0.303 e. The fraction of sp³-hybridized carbons (Fsp3) is 0.156. The number of halogens is 1. The Hall–Kier alpha value is -5.38. The molecular weight excluding hydrogens is 537 g/mol. The van der Waals surface area contributed by atoms with Crippen molar-refractivity contribution in [2.75, 3.05) is 5.32 Å². The SMILES string of the molecule is CC(=O)OC(C)C(=O)Nc1cc(C(=O)N[C@H](C)c2ccc(F)cc2)cc(-c2cnc(-c3cc4ccccc4cn3)[nH]2)c1. The van der Waals surface area contributed by atoms with E-state index in [2.05, 4.69) is 25.6 Å². The smallest absolute Gasteiger partial charge is 0.303 e. The number of carbonyl (C=O) groups is 3. The molecular formula is C32H28FN5O4. The number of esters is 1. The van der Waals surface area contributed by atoms with E-state index in [4.69, 9.17) is 4.74 Å². The van der Waals surface area contributed by atoms with Gasteiger partial charge in [-0.15, -0.1) is 0 Å². The fourth-order valence-electron chi connectivity index (χ4n) is 4.46. The molecule has 2 atom stereocenters. The molecule has 9 nitrogen and oxygen atoms in total. The van der Waals surface area contributed by atoms with Gasteiger partial charge >= 0.3 is 5.97 Å². The van der Waals surface area contributed by atoms with E-state index in [1.807, 2.05) is 30.3 Å². The molecule has 5 rings (SSSR count). The second-order valence-electron chi connectivity index (χ2n) is 9.85. The van der Waals surface area contributed by atoms with Crippen molar-refractivity contribution in [3.8, 4) is 22.8 Å². The molecule has 5 aromatic rings. The first-order valence-electron chi connectivity index (χ1n) is 13.3. The minimum Gasteiger partial charge on any atom is -0.453 e. The summed E-state index contributed by atoms with van der Waals surface area (Å²) in [5.74, 6) is -1.39. The molecule has 0 spiro atoms. The first-order valence-corrected chi connectivity index (χ1v) is 13.3. The molecule has 0 aliphatic carbocycles. The maximum absolute atomic E-state index is 13.4. The van der Waals surface area contributed by atoms with Crippen LogP contribution >= 0.6 is 0 Å². The molecule has 3 aromatic carbocycles. The Labute approximate surface area is 241 Å². The number of aromatic nitrogens is 3. The molecule has 0 aliphatic rings. The second-order valence-corrected chi connectivity index (χ2v) is 9.85. The summed E-state index contributed by atoms with van der Waals surface area (Å²) in [6.07, 6.45) is 2.36. The lowest BCUT2D eigenvalue weighted by atomic mass is 10.0. The van der Waals surface area contributed by atoms with Crippen molar-refractivity contribution in [2.45, 2.75) is 32.9 Å². The summed E-state index contributed by atoms with van der Waals surface area (Å²) in [6.45, 7) is 4.46. The van der Waals surface area contributed by atoms with Crippen molar-refractivity contribution < 1.29 is 23.5 Å². The van der Waals surface area contributed by atoms with E-state index in [0.717, 1.165) is 16.3 Å².